The summed E-state index contributed by atoms with van der Waals surface area (Å²) in [5.74, 6) is 0.210. The number of benzene rings is 1. The second-order valence-electron chi connectivity index (χ2n) is 4.83. The summed E-state index contributed by atoms with van der Waals surface area (Å²) in [7, 11) is 0. The van der Waals surface area contributed by atoms with Crippen molar-refractivity contribution < 1.29 is 14.6 Å². The summed E-state index contributed by atoms with van der Waals surface area (Å²) in [6.07, 6.45) is 3.70. The fraction of sp³-hybridized carbons (Fsp3) is 0.267. The third-order valence-corrected chi connectivity index (χ3v) is 3.44. The third kappa shape index (κ3) is 3.20. The Bertz CT molecular complexity index is 686. The summed E-state index contributed by atoms with van der Waals surface area (Å²) in [6, 6.07) is 6.91. The summed E-state index contributed by atoms with van der Waals surface area (Å²) in [5, 5.41) is 9.38. The second kappa shape index (κ2) is 5.79. The summed E-state index contributed by atoms with van der Waals surface area (Å²) in [6.45, 7) is -0.578. The highest BCUT2D eigenvalue weighted by Gasteiger charge is 2.24. The van der Waals surface area contributed by atoms with E-state index in [1.165, 1.54) is 12.4 Å². The van der Waals surface area contributed by atoms with Crippen LogP contribution in [0.15, 0.2) is 30.6 Å². The van der Waals surface area contributed by atoms with Crippen LogP contribution in [0.2, 0.25) is 5.02 Å². The molecule has 1 aliphatic carbocycles. The Kier molecular flexibility index (Phi) is 3.86. The van der Waals surface area contributed by atoms with Gasteiger partial charge in [-0.15, -0.1) is 0 Å². The Balaban J connectivity index is 1.89. The molecule has 0 saturated heterocycles. The van der Waals surface area contributed by atoms with Crippen LogP contribution in [-0.4, -0.2) is 33.6 Å². The average Bonchev–Trinajstić information content (AvgIpc) is 3.32. The Morgan fingerprint density at radius 3 is 2.81 bits per heavy atom. The quantitative estimate of drug-likeness (QED) is 0.859. The Morgan fingerprint density at radius 2 is 2.14 bits per heavy atom. The standard InChI is InChI=1S/C15H13ClN2O3/c16-11-5-9(1-4-15(11)21-10-2-3-10)12-6-13(14(20)7-19)18-8-17-12/h1,4-6,8,10,19H,2-3,7H2. The van der Waals surface area contributed by atoms with Crippen LogP contribution < -0.4 is 4.74 Å². The maximum Gasteiger partial charge on any atom is 0.206 e. The van der Waals surface area contributed by atoms with Gasteiger partial charge in [-0.2, -0.15) is 0 Å². The van der Waals surface area contributed by atoms with E-state index >= 15 is 0 Å². The molecule has 0 radical (unpaired) electrons. The number of carbonyl (C=O) groups is 1. The van der Waals surface area contributed by atoms with Crippen LogP contribution in [0.1, 0.15) is 23.3 Å². The predicted octanol–water partition coefficient (Wildman–Crippen LogP) is 2.51. The van der Waals surface area contributed by atoms with Crippen molar-refractivity contribution in [2.75, 3.05) is 6.61 Å². The van der Waals surface area contributed by atoms with Gasteiger partial charge in [-0.05, 0) is 37.1 Å². The molecule has 3 rings (SSSR count). The number of aliphatic hydroxyl groups is 1. The number of Topliss-reactive ketones (excluding diaryl/α,β-unsaturated/α-hetero) is 1. The third-order valence-electron chi connectivity index (χ3n) is 3.14. The van der Waals surface area contributed by atoms with Crippen molar-refractivity contribution in [3.05, 3.63) is 41.3 Å². The van der Waals surface area contributed by atoms with E-state index in [2.05, 4.69) is 9.97 Å². The van der Waals surface area contributed by atoms with E-state index in [9.17, 15) is 4.79 Å². The topological polar surface area (TPSA) is 72.3 Å². The van der Waals surface area contributed by atoms with Gasteiger partial charge in [-0.1, -0.05) is 11.6 Å². The van der Waals surface area contributed by atoms with Crippen molar-refractivity contribution in [2.24, 2.45) is 0 Å². The fourth-order valence-corrected chi connectivity index (χ4v) is 2.09. The normalized spacial score (nSPS) is 14.0. The Hall–Kier alpha value is -1.98. The lowest BCUT2D eigenvalue weighted by Crippen LogP contribution is -2.07. The van der Waals surface area contributed by atoms with Gasteiger partial charge in [0.25, 0.3) is 0 Å². The molecule has 2 aromatic rings. The molecule has 0 amide bonds. The van der Waals surface area contributed by atoms with Crippen molar-refractivity contribution in [1.82, 2.24) is 9.97 Å². The highest BCUT2D eigenvalue weighted by molar-refractivity contribution is 6.32. The number of halogens is 1. The number of hydrogen-bond acceptors (Lipinski definition) is 5. The molecule has 0 bridgehead atoms. The van der Waals surface area contributed by atoms with E-state index in [1.54, 1.807) is 12.1 Å². The average molecular weight is 305 g/mol. The van der Waals surface area contributed by atoms with Crippen molar-refractivity contribution >= 4 is 17.4 Å². The summed E-state index contributed by atoms with van der Waals surface area (Å²) in [5.41, 5.74) is 1.51. The van der Waals surface area contributed by atoms with Gasteiger partial charge < -0.3 is 9.84 Å². The van der Waals surface area contributed by atoms with Gasteiger partial charge in [0, 0.05) is 5.56 Å². The Labute approximate surface area is 126 Å². The van der Waals surface area contributed by atoms with Crippen molar-refractivity contribution in [2.45, 2.75) is 18.9 Å². The molecule has 21 heavy (non-hydrogen) atoms. The largest absolute Gasteiger partial charge is 0.489 e. The first-order valence-corrected chi connectivity index (χ1v) is 6.98. The van der Waals surface area contributed by atoms with Crippen molar-refractivity contribution in [1.29, 1.82) is 0 Å². The van der Waals surface area contributed by atoms with Crippen LogP contribution in [0.5, 0.6) is 5.75 Å². The van der Waals surface area contributed by atoms with Crippen molar-refractivity contribution in [3.8, 4) is 17.0 Å². The van der Waals surface area contributed by atoms with Gasteiger partial charge in [-0.25, -0.2) is 9.97 Å². The van der Waals surface area contributed by atoms with Crippen LogP contribution >= 0.6 is 11.6 Å². The zero-order chi connectivity index (χ0) is 14.8. The van der Waals surface area contributed by atoms with Crippen LogP contribution in [0.3, 0.4) is 0 Å². The molecule has 5 nitrogen and oxygen atoms in total. The second-order valence-corrected chi connectivity index (χ2v) is 5.24. The molecular weight excluding hydrogens is 292 g/mol. The monoisotopic (exact) mass is 304 g/mol. The van der Waals surface area contributed by atoms with Gasteiger partial charge in [-0.3, -0.25) is 4.79 Å². The highest BCUT2D eigenvalue weighted by atomic mass is 35.5. The van der Waals surface area contributed by atoms with Crippen LogP contribution in [0.25, 0.3) is 11.3 Å². The van der Waals surface area contributed by atoms with Crippen LogP contribution in [-0.2, 0) is 0 Å². The van der Waals surface area contributed by atoms with Gasteiger partial charge in [0.15, 0.2) is 0 Å². The number of aliphatic hydroxyl groups excluding tert-OH is 1. The first-order chi connectivity index (χ1) is 10.2. The maximum atomic E-state index is 11.5. The molecule has 0 atom stereocenters. The molecule has 0 spiro atoms. The zero-order valence-electron chi connectivity index (χ0n) is 11.1. The van der Waals surface area contributed by atoms with Crippen LogP contribution in [0, 0.1) is 0 Å². The lowest BCUT2D eigenvalue weighted by Gasteiger charge is -2.08. The molecule has 108 valence electrons. The number of ketones is 1. The molecular formula is C15H13ClN2O3. The first kappa shape index (κ1) is 14.0. The van der Waals surface area contributed by atoms with Gasteiger partial charge in [0.2, 0.25) is 5.78 Å². The molecule has 1 heterocycles. The summed E-state index contributed by atoms with van der Waals surface area (Å²) >= 11 is 6.21. The van der Waals surface area contributed by atoms with E-state index in [-0.39, 0.29) is 11.8 Å². The Morgan fingerprint density at radius 1 is 1.33 bits per heavy atom. The van der Waals surface area contributed by atoms with E-state index in [0.717, 1.165) is 18.4 Å². The molecule has 1 aromatic heterocycles. The van der Waals surface area contributed by atoms with E-state index in [1.807, 2.05) is 6.07 Å². The highest BCUT2D eigenvalue weighted by Crippen LogP contribution is 2.34. The van der Waals surface area contributed by atoms with E-state index in [4.69, 9.17) is 21.4 Å². The van der Waals surface area contributed by atoms with E-state index < -0.39 is 12.4 Å². The minimum atomic E-state index is -0.578. The maximum absolute atomic E-state index is 11.5. The molecule has 1 aliphatic rings. The number of ether oxygens (including phenoxy) is 1. The molecule has 1 aromatic carbocycles. The number of aromatic nitrogens is 2. The number of hydrogen-bond donors (Lipinski definition) is 1. The number of carbonyl (C=O) groups excluding carboxylic acids is 1. The molecule has 0 aliphatic heterocycles. The predicted molar refractivity (Wildman–Crippen MR) is 77.5 cm³/mol. The number of nitrogens with zero attached hydrogens (tertiary/aromatic N) is 2. The molecule has 0 unspecified atom stereocenters. The smallest absolute Gasteiger partial charge is 0.206 e. The summed E-state index contributed by atoms with van der Waals surface area (Å²) in [4.78, 5) is 19.4. The van der Waals surface area contributed by atoms with Gasteiger partial charge in [0.1, 0.15) is 24.4 Å². The SMILES string of the molecule is O=C(CO)c1cc(-c2ccc(OC3CC3)c(Cl)c2)ncn1. The lowest BCUT2D eigenvalue weighted by molar-refractivity contribution is 0.0898. The molecule has 1 saturated carbocycles. The molecule has 6 heteroatoms. The van der Waals surface area contributed by atoms with E-state index in [0.29, 0.717) is 16.5 Å². The zero-order valence-corrected chi connectivity index (χ0v) is 11.9. The minimum absolute atomic E-state index is 0.178. The summed E-state index contributed by atoms with van der Waals surface area (Å²) < 4.78 is 5.67. The molecule has 1 fully saturated rings. The van der Waals surface area contributed by atoms with Crippen molar-refractivity contribution in [3.63, 3.8) is 0 Å². The first-order valence-electron chi connectivity index (χ1n) is 6.60. The minimum Gasteiger partial charge on any atom is -0.489 e. The van der Waals surface area contributed by atoms with Gasteiger partial charge in [0.05, 0.1) is 16.8 Å². The lowest BCUT2D eigenvalue weighted by atomic mass is 10.1. The number of rotatable bonds is 5. The fourth-order valence-electron chi connectivity index (χ4n) is 1.87. The van der Waals surface area contributed by atoms with Crippen LogP contribution in [0.4, 0.5) is 0 Å². The van der Waals surface area contributed by atoms with Gasteiger partial charge >= 0.3 is 0 Å². The molecule has 1 N–H and O–H groups in total.